The van der Waals surface area contributed by atoms with Gasteiger partial charge in [-0.05, 0) is 53.6 Å². The number of hydrogen-bond acceptors (Lipinski definition) is 3. The number of halogens is 1. The summed E-state index contributed by atoms with van der Waals surface area (Å²) in [4.78, 5) is 11.7. The molecule has 0 aliphatic carbocycles. The van der Waals surface area contributed by atoms with Crippen molar-refractivity contribution in [1.29, 1.82) is 0 Å². The predicted molar refractivity (Wildman–Crippen MR) is 77.9 cm³/mol. The smallest absolute Gasteiger partial charge is 0.340 e. The van der Waals surface area contributed by atoms with Crippen molar-refractivity contribution in [1.82, 2.24) is 0 Å². The Morgan fingerprint density at radius 3 is 2.94 bits per heavy atom. The van der Waals surface area contributed by atoms with Crippen LogP contribution in [0.15, 0.2) is 30.4 Å². The standard InChI is InChI=1S/C13H16INO2/c1-2-3-4-5-8-17-13(16)11-9-10(14)6-7-12(11)15/h3-4,6-7,9H,2,5,8,15H2,1H3/b4-3+. The fourth-order valence-electron chi connectivity index (χ4n) is 1.29. The summed E-state index contributed by atoms with van der Waals surface area (Å²) in [7, 11) is 0. The van der Waals surface area contributed by atoms with E-state index < -0.39 is 0 Å². The number of benzene rings is 1. The van der Waals surface area contributed by atoms with Gasteiger partial charge in [0.1, 0.15) is 0 Å². The van der Waals surface area contributed by atoms with E-state index in [0.717, 1.165) is 16.4 Å². The molecule has 0 fully saturated rings. The second-order valence-electron chi connectivity index (χ2n) is 3.54. The lowest BCUT2D eigenvalue weighted by molar-refractivity contribution is 0.0513. The second-order valence-corrected chi connectivity index (χ2v) is 4.78. The van der Waals surface area contributed by atoms with Crippen LogP contribution in [0.4, 0.5) is 5.69 Å². The van der Waals surface area contributed by atoms with Crippen LogP contribution in [0, 0.1) is 3.57 Å². The third-order valence-electron chi connectivity index (χ3n) is 2.16. The van der Waals surface area contributed by atoms with Gasteiger partial charge in [-0.2, -0.15) is 0 Å². The van der Waals surface area contributed by atoms with Gasteiger partial charge in [-0.1, -0.05) is 19.1 Å². The SMILES string of the molecule is CC/C=C/CCOC(=O)c1cc(I)ccc1N. The zero-order valence-electron chi connectivity index (χ0n) is 9.78. The van der Waals surface area contributed by atoms with Gasteiger partial charge in [-0.15, -0.1) is 0 Å². The molecule has 2 N–H and O–H groups in total. The van der Waals surface area contributed by atoms with Crippen LogP contribution in [0.1, 0.15) is 30.1 Å². The van der Waals surface area contributed by atoms with Crippen LogP contribution in [0.5, 0.6) is 0 Å². The monoisotopic (exact) mass is 345 g/mol. The number of hydrogen-bond donors (Lipinski definition) is 1. The van der Waals surface area contributed by atoms with Gasteiger partial charge in [0.25, 0.3) is 0 Å². The van der Waals surface area contributed by atoms with Crippen molar-refractivity contribution in [2.75, 3.05) is 12.3 Å². The van der Waals surface area contributed by atoms with Crippen LogP contribution in [-0.2, 0) is 4.74 Å². The molecule has 0 aliphatic rings. The third kappa shape index (κ3) is 4.77. The van der Waals surface area contributed by atoms with E-state index in [4.69, 9.17) is 10.5 Å². The fraction of sp³-hybridized carbons (Fsp3) is 0.308. The molecule has 0 spiro atoms. The quantitative estimate of drug-likeness (QED) is 0.293. The van der Waals surface area contributed by atoms with Gasteiger partial charge >= 0.3 is 5.97 Å². The molecule has 0 amide bonds. The zero-order valence-corrected chi connectivity index (χ0v) is 11.9. The minimum atomic E-state index is -0.356. The molecule has 3 nitrogen and oxygen atoms in total. The predicted octanol–water partition coefficient (Wildman–Crippen LogP) is 3.39. The summed E-state index contributed by atoms with van der Waals surface area (Å²) >= 11 is 2.14. The van der Waals surface area contributed by atoms with E-state index in [1.807, 2.05) is 18.2 Å². The lowest BCUT2D eigenvalue weighted by Crippen LogP contribution is -2.09. The van der Waals surface area contributed by atoms with Gasteiger partial charge in [0.05, 0.1) is 12.2 Å². The number of nitrogens with two attached hydrogens (primary N) is 1. The largest absolute Gasteiger partial charge is 0.462 e. The van der Waals surface area contributed by atoms with Crippen LogP contribution >= 0.6 is 22.6 Å². The van der Waals surface area contributed by atoms with E-state index in [1.54, 1.807) is 12.1 Å². The average molecular weight is 345 g/mol. The summed E-state index contributed by atoms with van der Waals surface area (Å²) in [5, 5.41) is 0. The van der Waals surface area contributed by atoms with E-state index in [-0.39, 0.29) is 5.97 Å². The van der Waals surface area contributed by atoms with E-state index in [2.05, 4.69) is 29.5 Å². The first-order chi connectivity index (χ1) is 8.15. The van der Waals surface area contributed by atoms with E-state index in [0.29, 0.717) is 17.9 Å². The van der Waals surface area contributed by atoms with Crippen molar-refractivity contribution in [2.24, 2.45) is 0 Å². The molecule has 1 aromatic rings. The van der Waals surface area contributed by atoms with Crippen molar-refractivity contribution in [2.45, 2.75) is 19.8 Å². The Labute approximate surface area is 115 Å². The first kappa shape index (κ1) is 14.0. The molecule has 92 valence electrons. The molecule has 0 saturated carbocycles. The van der Waals surface area contributed by atoms with Crippen LogP contribution in [-0.4, -0.2) is 12.6 Å². The maximum absolute atomic E-state index is 11.7. The minimum Gasteiger partial charge on any atom is -0.462 e. The molecule has 17 heavy (non-hydrogen) atoms. The van der Waals surface area contributed by atoms with Gasteiger partial charge < -0.3 is 10.5 Å². The van der Waals surface area contributed by atoms with Crippen molar-refractivity contribution >= 4 is 34.2 Å². The number of carbonyl (C=O) groups is 1. The lowest BCUT2D eigenvalue weighted by atomic mass is 10.2. The molecule has 0 aliphatic heterocycles. The maximum Gasteiger partial charge on any atom is 0.340 e. The van der Waals surface area contributed by atoms with Crippen molar-refractivity contribution < 1.29 is 9.53 Å². The van der Waals surface area contributed by atoms with Crippen LogP contribution in [0.2, 0.25) is 0 Å². The lowest BCUT2D eigenvalue weighted by Gasteiger charge is -2.06. The number of rotatable bonds is 5. The average Bonchev–Trinajstić information content (AvgIpc) is 2.32. The molecule has 1 aromatic carbocycles. The minimum absolute atomic E-state index is 0.356. The summed E-state index contributed by atoms with van der Waals surface area (Å²) in [6, 6.07) is 5.31. The second kappa shape index (κ2) is 7.32. The number of esters is 1. The molecule has 0 unspecified atom stereocenters. The Morgan fingerprint density at radius 1 is 1.47 bits per heavy atom. The van der Waals surface area contributed by atoms with Crippen molar-refractivity contribution in [3.63, 3.8) is 0 Å². The highest BCUT2D eigenvalue weighted by molar-refractivity contribution is 14.1. The summed E-state index contributed by atoms with van der Waals surface area (Å²) < 4.78 is 6.10. The third-order valence-corrected chi connectivity index (χ3v) is 2.83. The van der Waals surface area contributed by atoms with Gasteiger partial charge in [-0.25, -0.2) is 4.79 Å². The molecule has 0 aromatic heterocycles. The molecule has 0 saturated heterocycles. The van der Waals surface area contributed by atoms with Gasteiger partial charge in [0.15, 0.2) is 0 Å². The first-order valence-electron chi connectivity index (χ1n) is 5.52. The molecular formula is C13H16INO2. The van der Waals surface area contributed by atoms with Gasteiger partial charge in [-0.3, -0.25) is 0 Å². The summed E-state index contributed by atoms with van der Waals surface area (Å²) in [5.41, 5.74) is 6.62. The molecule has 4 heteroatoms. The fourth-order valence-corrected chi connectivity index (χ4v) is 1.78. The molecule has 0 radical (unpaired) electrons. The first-order valence-corrected chi connectivity index (χ1v) is 6.60. The Morgan fingerprint density at radius 2 is 2.24 bits per heavy atom. The molecular weight excluding hydrogens is 329 g/mol. The van der Waals surface area contributed by atoms with Crippen molar-refractivity contribution in [3.05, 3.63) is 39.5 Å². The molecule has 0 atom stereocenters. The Hall–Kier alpha value is -1.04. The van der Waals surface area contributed by atoms with Gasteiger partial charge in [0, 0.05) is 9.26 Å². The summed E-state index contributed by atoms with van der Waals surface area (Å²) in [5.74, 6) is -0.356. The highest BCUT2D eigenvalue weighted by Crippen LogP contribution is 2.16. The van der Waals surface area contributed by atoms with Crippen LogP contribution in [0.25, 0.3) is 0 Å². The summed E-state index contributed by atoms with van der Waals surface area (Å²) in [6.07, 6.45) is 5.79. The number of anilines is 1. The number of nitrogen functional groups attached to an aromatic ring is 1. The molecule has 1 rings (SSSR count). The Bertz CT molecular complexity index is 416. The van der Waals surface area contributed by atoms with E-state index in [9.17, 15) is 4.79 Å². The van der Waals surface area contributed by atoms with Gasteiger partial charge in [0.2, 0.25) is 0 Å². The topological polar surface area (TPSA) is 52.3 Å². The Balaban J connectivity index is 2.52. The maximum atomic E-state index is 11.7. The number of allylic oxidation sites excluding steroid dienone is 1. The number of carbonyl (C=O) groups excluding carboxylic acids is 1. The number of ether oxygens (including phenoxy) is 1. The van der Waals surface area contributed by atoms with Crippen LogP contribution in [0.3, 0.4) is 0 Å². The highest BCUT2D eigenvalue weighted by atomic mass is 127. The normalized spacial score (nSPS) is 10.7. The molecule has 0 heterocycles. The summed E-state index contributed by atoms with van der Waals surface area (Å²) in [6.45, 7) is 2.45. The Kier molecular flexibility index (Phi) is 6.04. The zero-order chi connectivity index (χ0) is 12.7. The van der Waals surface area contributed by atoms with E-state index in [1.165, 1.54) is 0 Å². The molecule has 0 bridgehead atoms. The van der Waals surface area contributed by atoms with Crippen LogP contribution < -0.4 is 5.73 Å². The highest BCUT2D eigenvalue weighted by Gasteiger charge is 2.10. The van der Waals surface area contributed by atoms with E-state index >= 15 is 0 Å². The van der Waals surface area contributed by atoms with Crippen molar-refractivity contribution in [3.8, 4) is 0 Å².